The van der Waals surface area contributed by atoms with Crippen LogP contribution in [0.3, 0.4) is 0 Å². The van der Waals surface area contributed by atoms with Crippen molar-refractivity contribution < 1.29 is 54.7 Å². The maximum absolute atomic E-state index is 11.2. The van der Waals surface area contributed by atoms with E-state index in [4.69, 9.17) is 18.9 Å². The summed E-state index contributed by atoms with van der Waals surface area (Å²) in [6.07, 6.45) is 25.8. The summed E-state index contributed by atoms with van der Waals surface area (Å²) in [5, 5.41) is 72.9. The third-order valence-corrected chi connectivity index (χ3v) is 12.5. The second-order valence-electron chi connectivity index (χ2n) is 17.7. The summed E-state index contributed by atoms with van der Waals surface area (Å²) in [5.41, 5.74) is 0. The Hall–Kier alpha value is -0.440. The quantitative estimate of drug-likeness (QED) is 0.0297. The van der Waals surface area contributed by atoms with Gasteiger partial charge in [0.25, 0.3) is 0 Å². The predicted octanol–water partition coefficient (Wildman–Crippen LogP) is 8.52. The van der Waals surface area contributed by atoms with Crippen LogP contribution in [0.15, 0.2) is 0 Å². The molecular weight excluding hydrogens is 741 g/mol. The number of rotatable bonds is 38. The van der Waals surface area contributed by atoms with E-state index in [0.29, 0.717) is 0 Å². The van der Waals surface area contributed by atoms with Crippen LogP contribution in [0.5, 0.6) is 0 Å². The van der Waals surface area contributed by atoms with Crippen molar-refractivity contribution in [2.24, 2.45) is 0 Å². The van der Waals surface area contributed by atoms with Crippen LogP contribution in [0.4, 0.5) is 0 Å². The molecule has 0 saturated carbocycles. The highest BCUT2D eigenvalue weighted by Crippen LogP contribution is 2.31. The Morgan fingerprint density at radius 3 is 1.07 bits per heavy atom. The SMILES string of the molecule is CCCCCCCCCCCCCCCCCCC(CCCCCCCCCCCCCCCC)OC1OC(CO)C(OC2OC(CO)C(O)C(O)C2O)C(O)C1O. The highest BCUT2D eigenvalue weighted by atomic mass is 16.7. The van der Waals surface area contributed by atoms with Gasteiger partial charge in [-0.25, -0.2) is 0 Å². The van der Waals surface area contributed by atoms with Crippen LogP contribution in [-0.2, 0) is 18.9 Å². The Morgan fingerprint density at radius 1 is 0.379 bits per heavy atom. The van der Waals surface area contributed by atoms with E-state index in [1.54, 1.807) is 0 Å². The molecule has 0 aromatic carbocycles. The van der Waals surface area contributed by atoms with Gasteiger partial charge in [0.15, 0.2) is 12.6 Å². The summed E-state index contributed by atoms with van der Waals surface area (Å²) in [7, 11) is 0. The minimum Gasteiger partial charge on any atom is -0.394 e. The summed E-state index contributed by atoms with van der Waals surface area (Å²) >= 11 is 0. The molecule has 0 radical (unpaired) electrons. The van der Waals surface area contributed by atoms with Gasteiger partial charge in [-0.1, -0.05) is 206 Å². The van der Waals surface area contributed by atoms with Gasteiger partial charge in [-0.05, 0) is 12.8 Å². The van der Waals surface area contributed by atoms with Gasteiger partial charge in [-0.3, -0.25) is 0 Å². The highest BCUT2D eigenvalue weighted by Gasteiger charge is 2.51. The Kier molecular flexibility index (Phi) is 32.5. The van der Waals surface area contributed by atoms with Gasteiger partial charge in [0.2, 0.25) is 0 Å². The fraction of sp³-hybridized carbons (Fsp3) is 1.00. The van der Waals surface area contributed by atoms with Gasteiger partial charge in [0.1, 0.15) is 48.8 Å². The fourth-order valence-electron chi connectivity index (χ4n) is 8.62. The van der Waals surface area contributed by atoms with Gasteiger partial charge < -0.3 is 54.7 Å². The molecule has 346 valence electrons. The molecule has 0 aliphatic carbocycles. The maximum Gasteiger partial charge on any atom is 0.187 e. The van der Waals surface area contributed by atoms with Crippen LogP contribution >= 0.6 is 0 Å². The van der Waals surface area contributed by atoms with Crippen LogP contribution in [0, 0.1) is 0 Å². The van der Waals surface area contributed by atoms with E-state index in [2.05, 4.69) is 13.8 Å². The van der Waals surface area contributed by atoms with Crippen molar-refractivity contribution in [3.8, 4) is 0 Å². The molecule has 2 aliphatic rings. The zero-order valence-corrected chi connectivity index (χ0v) is 37.2. The van der Waals surface area contributed by atoms with E-state index < -0.39 is 74.6 Å². The van der Waals surface area contributed by atoms with Crippen molar-refractivity contribution in [1.82, 2.24) is 0 Å². The Balaban J connectivity index is 1.78. The van der Waals surface area contributed by atoms with Crippen molar-refractivity contribution in [3.63, 3.8) is 0 Å². The summed E-state index contributed by atoms with van der Waals surface area (Å²) in [4.78, 5) is 0. The third-order valence-electron chi connectivity index (χ3n) is 12.5. The van der Waals surface area contributed by atoms with Gasteiger partial charge in [0.05, 0.1) is 19.3 Å². The molecule has 0 spiro atoms. The molecule has 2 rings (SSSR count). The summed E-state index contributed by atoms with van der Waals surface area (Å²) < 4.78 is 23.6. The number of aliphatic hydroxyl groups excluding tert-OH is 7. The van der Waals surface area contributed by atoms with E-state index in [-0.39, 0.29) is 6.10 Å². The van der Waals surface area contributed by atoms with E-state index in [0.717, 1.165) is 38.5 Å². The molecular formula is C47H92O11. The van der Waals surface area contributed by atoms with Crippen molar-refractivity contribution in [1.29, 1.82) is 0 Å². The van der Waals surface area contributed by atoms with Crippen molar-refractivity contribution in [2.75, 3.05) is 13.2 Å². The topological polar surface area (TPSA) is 179 Å². The minimum absolute atomic E-state index is 0.182. The molecule has 2 fully saturated rings. The van der Waals surface area contributed by atoms with E-state index in [1.807, 2.05) is 0 Å². The Bertz CT molecular complexity index is 910. The average molecular weight is 833 g/mol. The lowest BCUT2D eigenvalue weighted by Crippen LogP contribution is -2.64. The van der Waals surface area contributed by atoms with Crippen LogP contribution in [0.1, 0.15) is 219 Å². The lowest BCUT2D eigenvalue weighted by Gasteiger charge is -2.46. The number of hydrogen-bond donors (Lipinski definition) is 7. The summed E-state index contributed by atoms with van der Waals surface area (Å²) in [6, 6.07) is 0. The lowest BCUT2D eigenvalue weighted by molar-refractivity contribution is -0.363. The molecule has 2 saturated heterocycles. The van der Waals surface area contributed by atoms with Crippen molar-refractivity contribution in [3.05, 3.63) is 0 Å². The predicted molar refractivity (Wildman–Crippen MR) is 230 cm³/mol. The Morgan fingerprint density at radius 2 is 0.707 bits per heavy atom. The maximum atomic E-state index is 11.2. The second-order valence-corrected chi connectivity index (χ2v) is 17.7. The van der Waals surface area contributed by atoms with Gasteiger partial charge in [0, 0.05) is 0 Å². The van der Waals surface area contributed by atoms with Crippen LogP contribution in [0.2, 0.25) is 0 Å². The fourth-order valence-corrected chi connectivity index (χ4v) is 8.62. The molecule has 58 heavy (non-hydrogen) atoms. The zero-order valence-electron chi connectivity index (χ0n) is 37.2. The minimum atomic E-state index is -1.70. The van der Waals surface area contributed by atoms with E-state index in [9.17, 15) is 35.7 Å². The first-order valence-corrected chi connectivity index (χ1v) is 24.5. The van der Waals surface area contributed by atoms with Gasteiger partial charge >= 0.3 is 0 Å². The van der Waals surface area contributed by atoms with Gasteiger partial charge in [-0.2, -0.15) is 0 Å². The lowest BCUT2D eigenvalue weighted by atomic mass is 9.96. The summed E-state index contributed by atoms with van der Waals surface area (Å²) in [5.74, 6) is 0. The molecule has 0 aromatic rings. The second kappa shape index (κ2) is 35.1. The molecule has 0 bridgehead atoms. The molecule has 0 aromatic heterocycles. The number of hydrogen-bond acceptors (Lipinski definition) is 11. The van der Waals surface area contributed by atoms with Crippen molar-refractivity contribution in [2.45, 2.75) is 287 Å². The third kappa shape index (κ3) is 22.6. The first-order chi connectivity index (χ1) is 28.3. The first kappa shape index (κ1) is 53.7. The standard InChI is InChI=1S/C47H92O11/c1-3-5-7-9-11-13-15-17-19-20-22-24-26-28-30-32-34-37(33-31-29-27-25-23-21-18-16-14-12-10-8-6-4-2)55-46-44(54)42(52)45(39(36-49)57-46)58-47-43(53)41(51)40(50)38(35-48)56-47/h37-54H,3-36H2,1-2H3. The molecule has 11 unspecified atom stereocenters. The van der Waals surface area contributed by atoms with Crippen LogP contribution < -0.4 is 0 Å². The Labute approximate surface area is 354 Å². The molecule has 11 heteroatoms. The van der Waals surface area contributed by atoms with E-state index in [1.165, 1.54) is 167 Å². The number of ether oxygens (including phenoxy) is 4. The molecule has 11 atom stereocenters. The first-order valence-electron chi connectivity index (χ1n) is 24.5. The molecule has 2 heterocycles. The largest absolute Gasteiger partial charge is 0.394 e. The monoisotopic (exact) mass is 833 g/mol. The molecule has 0 amide bonds. The molecule has 7 N–H and O–H groups in total. The van der Waals surface area contributed by atoms with Crippen molar-refractivity contribution >= 4 is 0 Å². The number of unbranched alkanes of at least 4 members (excludes halogenated alkanes) is 28. The highest BCUT2D eigenvalue weighted by molar-refractivity contribution is 4.94. The molecule has 2 aliphatic heterocycles. The number of aliphatic hydroxyl groups is 7. The zero-order chi connectivity index (χ0) is 42.2. The average Bonchev–Trinajstić information content (AvgIpc) is 3.23. The normalized spacial score (nSPS) is 28.3. The van der Waals surface area contributed by atoms with E-state index >= 15 is 0 Å². The molecule has 11 nitrogen and oxygen atoms in total. The summed E-state index contributed by atoms with van der Waals surface area (Å²) in [6.45, 7) is 3.32. The van der Waals surface area contributed by atoms with Crippen LogP contribution in [0.25, 0.3) is 0 Å². The van der Waals surface area contributed by atoms with Gasteiger partial charge in [-0.15, -0.1) is 0 Å². The smallest absolute Gasteiger partial charge is 0.187 e. The van der Waals surface area contributed by atoms with Crippen LogP contribution in [-0.4, -0.2) is 116 Å².